The second-order valence-corrected chi connectivity index (χ2v) is 12.8. The highest BCUT2D eigenvalue weighted by Crippen LogP contribution is 2.42. The molecule has 31 heavy (non-hydrogen) atoms. The summed E-state index contributed by atoms with van der Waals surface area (Å²) in [5.74, 6) is -0.0526. The number of rotatable bonds is 4. The minimum absolute atomic E-state index is 0.00579. The number of likely N-dealkylation sites (tertiary alicyclic amines) is 1. The summed E-state index contributed by atoms with van der Waals surface area (Å²) in [5.41, 5.74) is 1.28. The highest BCUT2D eigenvalue weighted by atomic mass is 32.2. The second-order valence-electron chi connectivity index (χ2n) is 8.04. The maximum absolute atomic E-state index is 13.1. The smallest absolute Gasteiger partial charge is 0.273 e. The Morgan fingerprint density at radius 1 is 1.16 bits per heavy atom. The lowest BCUT2D eigenvalue weighted by Gasteiger charge is -2.38. The molecular formula is C19H21N5O3S4. The Morgan fingerprint density at radius 2 is 1.94 bits per heavy atom. The molecule has 2 aliphatic heterocycles. The van der Waals surface area contributed by atoms with E-state index in [4.69, 9.17) is 0 Å². The Kier molecular flexibility index (Phi) is 5.45. The first-order valence-corrected chi connectivity index (χ1v) is 13.9. The highest BCUT2D eigenvalue weighted by molar-refractivity contribution is 7.91. The molecule has 2 fully saturated rings. The highest BCUT2D eigenvalue weighted by Gasteiger charge is 2.44. The zero-order valence-electron chi connectivity index (χ0n) is 16.9. The van der Waals surface area contributed by atoms with Crippen molar-refractivity contribution in [2.45, 2.75) is 30.4 Å². The van der Waals surface area contributed by atoms with Gasteiger partial charge in [0.1, 0.15) is 19.8 Å². The van der Waals surface area contributed by atoms with Crippen LogP contribution in [-0.2, 0) is 10.0 Å². The normalized spacial score (nSPS) is 19.3. The average Bonchev–Trinajstić information content (AvgIpc) is 3.55. The SMILES string of the molecule is Cc1nnsc1-c1nc(C(=O)N2CCC3(CCN(S(=O)(=O)c4cccs4)CC3)C2)cs1. The molecule has 3 aromatic rings. The Bertz CT molecular complexity index is 1190. The molecule has 2 aliphatic rings. The quantitative estimate of drug-likeness (QED) is 0.551. The Morgan fingerprint density at radius 3 is 2.61 bits per heavy atom. The van der Waals surface area contributed by atoms with Crippen molar-refractivity contribution in [3.63, 3.8) is 0 Å². The lowest BCUT2D eigenvalue weighted by Crippen LogP contribution is -2.44. The standard InChI is InChI=1S/C19H21N5O3S4/c1-13-16(30-22-21-13)17-20-14(11-29-17)18(25)23-7-4-19(12-23)5-8-24(9-6-19)31(26,27)15-3-2-10-28-15/h2-3,10-11H,4-9,12H2,1H3. The largest absolute Gasteiger partial charge is 0.337 e. The maximum atomic E-state index is 13.1. The van der Waals surface area contributed by atoms with Crippen LogP contribution in [0.2, 0.25) is 0 Å². The molecule has 3 aromatic heterocycles. The Balaban J connectivity index is 1.24. The molecule has 1 spiro atoms. The van der Waals surface area contributed by atoms with Gasteiger partial charge in [0.25, 0.3) is 15.9 Å². The first-order valence-electron chi connectivity index (χ1n) is 9.96. The van der Waals surface area contributed by atoms with Gasteiger partial charge in [0.15, 0.2) is 0 Å². The van der Waals surface area contributed by atoms with Gasteiger partial charge in [-0.1, -0.05) is 10.6 Å². The number of piperidine rings is 1. The number of carbonyl (C=O) groups excluding carboxylic acids is 1. The molecule has 0 radical (unpaired) electrons. The van der Waals surface area contributed by atoms with E-state index in [1.54, 1.807) is 27.2 Å². The van der Waals surface area contributed by atoms with Crippen LogP contribution in [0.1, 0.15) is 35.4 Å². The molecule has 8 nitrogen and oxygen atoms in total. The van der Waals surface area contributed by atoms with Crippen molar-refractivity contribution < 1.29 is 13.2 Å². The summed E-state index contributed by atoms with van der Waals surface area (Å²) < 4.78 is 31.5. The third kappa shape index (κ3) is 3.84. The number of amides is 1. The summed E-state index contributed by atoms with van der Waals surface area (Å²) in [6.07, 6.45) is 2.45. The van der Waals surface area contributed by atoms with E-state index in [1.807, 2.05) is 11.8 Å². The van der Waals surface area contributed by atoms with Gasteiger partial charge in [-0.2, -0.15) is 4.31 Å². The van der Waals surface area contributed by atoms with Crippen molar-refractivity contribution in [2.75, 3.05) is 26.2 Å². The van der Waals surface area contributed by atoms with E-state index < -0.39 is 10.0 Å². The molecule has 5 heterocycles. The van der Waals surface area contributed by atoms with Gasteiger partial charge in [-0.25, -0.2) is 13.4 Å². The molecular weight excluding hydrogens is 475 g/mol. The van der Waals surface area contributed by atoms with Gasteiger partial charge in [0.05, 0.1) is 5.69 Å². The molecule has 164 valence electrons. The molecule has 1 amide bonds. The summed E-state index contributed by atoms with van der Waals surface area (Å²) in [6.45, 7) is 4.23. The van der Waals surface area contributed by atoms with Gasteiger partial charge in [-0.3, -0.25) is 4.79 Å². The van der Waals surface area contributed by atoms with Crippen molar-refractivity contribution in [3.8, 4) is 9.88 Å². The number of sulfonamides is 1. The van der Waals surface area contributed by atoms with Crippen LogP contribution in [0.3, 0.4) is 0 Å². The summed E-state index contributed by atoms with van der Waals surface area (Å²) in [5, 5.41) is 8.38. The fourth-order valence-corrected chi connectivity index (χ4v) is 8.49. The third-order valence-corrected chi connectivity index (χ3v) is 11.3. The molecule has 0 unspecified atom stereocenters. The topological polar surface area (TPSA) is 96.4 Å². The number of carbonyl (C=O) groups is 1. The minimum atomic E-state index is -3.41. The number of hydrogen-bond acceptors (Lipinski definition) is 9. The number of aromatic nitrogens is 3. The van der Waals surface area contributed by atoms with E-state index in [0.29, 0.717) is 36.1 Å². The predicted molar refractivity (Wildman–Crippen MR) is 121 cm³/mol. The van der Waals surface area contributed by atoms with Crippen LogP contribution < -0.4 is 0 Å². The molecule has 0 bridgehead atoms. The molecule has 2 saturated heterocycles. The van der Waals surface area contributed by atoms with Crippen molar-refractivity contribution in [3.05, 3.63) is 34.3 Å². The lowest BCUT2D eigenvalue weighted by molar-refractivity contribution is 0.0746. The van der Waals surface area contributed by atoms with Crippen LogP contribution in [0.4, 0.5) is 0 Å². The first-order chi connectivity index (χ1) is 14.9. The van der Waals surface area contributed by atoms with Crippen molar-refractivity contribution in [1.82, 2.24) is 23.8 Å². The Hall–Kier alpha value is -1.73. The van der Waals surface area contributed by atoms with Crippen LogP contribution in [0.5, 0.6) is 0 Å². The summed E-state index contributed by atoms with van der Waals surface area (Å²) in [7, 11) is -3.41. The molecule has 0 N–H and O–H groups in total. The molecule has 0 saturated carbocycles. The van der Waals surface area contributed by atoms with Crippen molar-refractivity contribution in [2.24, 2.45) is 5.41 Å². The molecule has 0 atom stereocenters. The fraction of sp³-hybridized carbons (Fsp3) is 0.474. The van der Waals surface area contributed by atoms with Crippen LogP contribution in [0, 0.1) is 12.3 Å². The van der Waals surface area contributed by atoms with Crippen LogP contribution in [0.15, 0.2) is 27.1 Å². The Labute approximate surface area is 192 Å². The first kappa shape index (κ1) is 21.1. The van der Waals surface area contributed by atoms with E-state index in [1.165, 1.54) is 34.2 Å². The van der Waals surface area contributed by atoms with E-state index in [-0.39, 0.29) is 11.3 Å². The number of nitrogens with zero attached hydrogens (tertiary/aromatic N) is 5. The van der Waals surface area contributed by atoms with Crippen molar-refractivity contribution in [1.29, 1.82) is 0 Å². The van der Waals surface area contributed by atoms with E-state index in [0.717, 1.165) is 34.8 Å². The van der Waals surface area contributed by atoms with Gasteiger partial charge in [-0.15, -0.1) is 27.8 Å². The molecule has 5 rings (SSSR count). The number of thiophene rings is 1. The van der Waals surface area contributed by atoms with E-state index in [9.17, 15) is 13.2 Å². The third-order valence-electron chi connectivity index (χ3n) is 6.17. The monoisotopic (exact) mass is 495 g/mol. The predicted octanol–water partition coefficient (Wildman–Crippen LogP) is 3.35. The maximum Gasteiger partial charge on any atom is 0.273 e. The molecule has 12 heteroatoms. The van der Waals surface area contributed by atoms with Gasteiger partial charge < -0.3 is 4.90 Å². The van der Waals surface area contributed by atoms with Crippen LogP contribution in [-0.4, -0.2) is 64.3 Å². The number of thiazole rings is 1. The van der Waals surface area contributed by atoms with Crippen LogP contribution >= 0.6 is 34.2 Å². The lowest BCUT2D eigenvalue weighted by atomic mass is 9.78. The number of aryl methyl sites for hydroxylation is 1. The zero-order chi connectivity index (χ0) is 21.6. The molecule has 0 aliphatic carbocycles. The van der Waals surface area contributed by atoms with Gasteiger partial charge >= 0.3 is 0 Å². The van der Waals surface area contributed by atoms with E-state index in [2.05, 4.69) is 14.6 Å². The average molecular weight is 496 g/mol. The van der Waals surface area contributed by atoms with Gasteiger partial charge in [-0.05, 0) is 54.6 Å². The molecule has 0 aromatic carbocycles. The summed E-state index contributed by atoms with van der Waals surface area (Å²) in [6, 6.07) is 3.42. The number of hydrogen-bond donors (Lipinski definition) is 0. The van der Waals surface area contributed by atoms with E-state index >= 15 is 0 Å². The zero-order valence-corrected chi connectivity index (χ0v) is 20.1. The second kappa shape index (κ2) is 8.00. The summed E-state index contributed by atoms with van der Waals surface area (Å²) >= 11 is 3.98. The summed E-state index contributed by atoms with van der Waals surface area (Å²) in [4.78, 5) is 20.4. The minimum Gasteiger partial charge on any atom is -0.337 e. The van der Waals surface area contributed by atoms with Gasteiger partial charge in [0, 0.05) is 31.6 Å². The van der Waals surface area contributed by atoms with Gasteiger partial charge in [0.2, 0.25) is 0 Å². The van der Waals surface area contributed by atoms with Crippen molar-refractivity contribution >= 4 is 50.1 Å². The fourth-order valence-electron chi connectivity index (χ4n) is 4.32. The van der Waals surface area contributed by atoms with Crippen LogP contribution in [0.25, 0.3) is 9.88 Å².